The number of pyridine rings is 1. The standard InChI is InChI=1S/C18H12F3N3O2S/c19-18(20,21)15-7-6-11(10-22-15)16(25)23-12-3-1-4-13(9-12)24-17(26)14-5-2-8-27-14/h1-10H,(H,23,25)(H,24,26). The van der Waals surface area contributed by atoms with Crippen LogP contribution in [0.3, 0.4) is 0 Å². The van der Waals surface area contributed by atoms with Crippen LogP contribution in [0.1, 0.15) is 25.7 Å². The second-order valence-electron chi connectivity index (χ2n) is 5.40. The van der Waals surface area contributed by atoms with E-state index in [-0.39, 0.29) is 11.5 Å². The number of anilines is 2. The number of hydrogen-bond donors (Lipinski definition) is 2. The average molecular weight is 391 g/mol. The van der Waals surface area contributed by atoms with Gasteiger partial charge < -0.3 is 10.6 Å². The smallest absolute Gasteiger partial charge is 0.322 e. The Bertz CT molecular complexity index is 955. The Morgan fingerprint density at radius 1 is 0.926 bits per heavy atom. The molecule has 1 aromatic carbocycles. The summed E-state index contributed by atoms with van der Waals surface area (Å²) in [6.07, 6.45) is -3.70. The molecule has 0 saturated heterocycles. The maximum atomic E-state index is 12.5. The van der Waals surface area contributed by atoms with E-state index in [9.17, 15) is 22.8 Å². The van der Waals surface area contributed by atoms with Crippen LogP contribution in [0.15, 0.2) is 60.1 Å². The molecular weight excluding hydrogens is 379 g/mol. The van der Waals surface area contributed by atoms with Crippen molar-refractivity contribution in [3.05, 3.63) is 76.2 Å². The first-order valence-electron chi connectivity index (χ1n) is 7.62. The van der Waals surface area contributed by atoms with Crippen molar-refractivity contribution in [1.82, 2.24) is 4.98 Å². The van der Waals surface area contributed by atoms with E-state index in [4.69, 9.17) is 0 Å². The minimum Gasteiger partial charge on any atom is -0.322 e. The molecule has 3 rings (SSSR count). The first kappa shape index (κ1) is 18.6. The van der Waals surface area contributed by atoms with Gasteiger partial charge in [0.2, 0.25) is 0 Å². The van der Waals surface area contributed by atoms with E-state index in [2.05, 4.69) is 15.6 Å². The number of hydrogen-bond acceptors (Lipinski definition) is 4. The molecule has 2 heterocycles. The van der Waals surface area contributed by atoms with Gasteiger partial charge in [-0.1, -0.05) is 12.1 Å². The Balaban J connectivity index is 1.68. The predicted molar refractivity (Wildman–Crippen MR) is 95.9 cm³/mol. The molecule has 0 fully saturated rings. The van der Waals surface area contributed by atoms with Gasteiger partial charge in [0.05, 0.1) is 10.4 Å². The Morgan fingerprint density at radius 2 is 1.63 bits per heavy atom. The Morgan fingerprint density at radius 3 is 2.19 bits per heavy atom. The molecular formula is C18H12F3N3O2S. The lowest BCUT2D eigenvalue weighted by molar-refractivity contribution is -0.141. The number of aromatic nitrogens is 1. The lowest BCUT2D eigenvalue weighted by atomic mass is 10.2. The van der Waals surface area contributed by atoms with Gasteiger partial charge in [-0.3, -0.25) is 14.6 Å². The minimum absolute atomic E-state index is 0.0176. The maximum absolute atomic E-state index is 12.5. The third kappa shape index (κ3) is 4.70. The van der Waals surface area contributed by atoms with E-state index in [0.29, 0.717) is 16.3 Å². The van der Waals surface area contributed by atoms with Crippen LogP contribution in [0.2, 0.25) is 0 Å². The number of alkyl halides is 3. The zero-order valence-electron chi connectivity index (χ0n) is 13.6. The van der Waals surface area contributed by atoms with Crippen LogP contribution < -0.4 is 10.6 Å². The van der Waals surface area contributed by atoms with Gasteiger partial charge in [-0.15, -0.1) is 11.3 Å². The molecule has 3 aromatic rings. The van der Waals surface area contributed by atoms with Crippen LogP contribution in [0.25, 0.3) is 0 Å². The fourth-order valence-electron chi connectivity index (χ4n) is 2.17. The number of nitrogens with zero attached hydrogens (tertiary/aromatic N) is 1. The van der Waals surface area contributed by atoms with Gasteiger partial charge in [0.25, 0.3) is 11.8 Å². The van der Waals surface area contributed by atoms with Crippen LogP contribution >= 0.6 is 11.3 Å². The van der Waals surface area contributed by atoms with E-state index >= 15 is 0 Å². The molecule has 0 atom stereocenters. The molecule has 27 heavy (non-hydrogen) atoms. The molecule has 0 aliphatic rings. The maximum Gasteiger partial charge on any atom is 0.433 e. The number of thiophene rings is 1. The molecule has 5 nitrogen and oxygen atoms in total. The zero-order chi connectivity index (χ0) is 19.4. The number of amides is 2. The van der Waals surface area contributed by atoms with Crippen LogP contribution in [-0.4, -0.2) is 16.8 Å². The molecule has 2 amide bonds. The van der Waals surface area contributed by atoms with E-state index in [1.807, 2.05) is 0 Å². The van der Waals surface area contributed by atoms with Gasteiger partial charge in [-0.25, -0.2) is 0 Å². The normalized spacial score (nSPS) is 11.1. The second kappa shape index (κ2) is 7.58. The highest BCUT2D eigenvalue weighted by atomic mass is 32.1. The second-order valence-corrected chi connectivity index (χ2v) is 6.34. The first-order chi connectivity index (χ1) is 12.8. The Kier molecular flexibility index (Phi) is 5.22. The van der Waals surface area contributed by atoms with Gasteiger partial charge in [-0.05, 0) is 41.8 Å². The third-order valence-electron chi connectivity index (χ3n) is 3.44. The number of carbonyl (C=O) groups excluding carboxylic acids is 2. The molecule has 0 bridgehead atoms. The molecule has 0 aliphatic heterocycles. The molecule has 0 aliphatic carbocycles. The van der Waals surface area contributed by atoms with Gasteiger partial charge in [0.1, 0.15) is 5.69 Å². The van der Waals surface area contributed by atoms with Gasteiger partial charge in [0.15, 0.2) is 0 Å². The fourth-order valence-corrected chi connectivity index (χ4v) is 2.79. The van der Waals surface area contributed by atoms with Crippen molar-refractivity contribution in [2.24, 2.45) is 0 Å². The highest BCUT2D eigenvalue weighted by Crippen LogP contribution is 2.27. The van der Waals surface area contributed by atoms with Gasteiger partial charge in [-0.2, -0.15) is 13.2 Å². The Labute approximate surface area is 155 Å². The minimum atomic E-state index is -4.57. The summed E-state index contributed by atoms with van der Waals surface area (Å²) >= 11 is 1.30. The quantitative estimate of drug-likeness (QED) is 0.679. The summed E-state index contributed by atoms with van der Waals surface area (Å²) in [4.78, 5) is 28.0. The largest absolute Gasteiger partial charge is 0.433 e. The number of halogens is 3. The molecule has 0 radical (unpaired) electrons. The van der Waals surface area contributed by atoms with Crippen molar-refractivity contribution in [3.63, 3.8) is 0 Å². The van der Waals surface area contributed by atoms with Crippen LogP contribution in [-0.2, 0) is 6.18 Å². The summed E-state index contributed by atoms with van der Waals surface area (Å²) in [5.41, 5.74) is -0.242. The van der Waals surface area contributed by atoms with Crippen molar-refractivity contribution in [3.8, 4) is 0 Å². The lowest BCUT2D eigenvalue weighted by Gasteiger charge is -2.09. The van der Waals surface area contributed by atoms with E-state index in [1.165, 1.54) is 11.3 Å². The van der Waals surface area contributed by atoms with Crippen molar-refractivity contribution < 1.29 is 22.8 Å². The third-order valence-corrected chi connectivity index (χ3v) is 4.31. The molecule has 2 aromatic heterocycles. The van der Waals surface area contributed by atoms with Crippen LogP contribution in [0, 0.1) is 0 Å². The predicted octanol–water partition coefficient (Wildman–Crippen LogP) is 4.67. The first-order valence-corrected chi connectivity index (χ1v) is 8.50. The molecule has 0 spiro atoms. The van der Waals surface area contributed by atoms with E-state index in [1.54, 1.807) is 41.8 Å². The zero-order valence-corrected chi connectivity index (χ0v) is 14.4. The summed E-state index contributed by atoms with van der Waals surface area (Å²) in [7, 11) is 0. The monoisotopic (exact) mass is 391 g/mol. The highest BCUT2D eigenvalue weighted by molar-refractivity contribution is 7.12. The number of nitrogens with one attached hydrogen (secondary N) is 2. The lowest BCUT2D eigenvalue weighted by Crippen LogP contribution is -2.15. The SMILES string of the molecule is O=C(Nc1cccc(NC(=O)c2cccs2)c1)c1ccc(C(F)(F)F)nc1. The van der Waals surface area contributed by atoms with Crippen molar-refractivity contribution in [2.45, 2.75) is 6.18 Å². The Hall–Kier alpha value is -3.20. The molecule has 138 valence electrons. The summed E-state index contributed by atoms with van der Waals surface area (Å²) in [5, 5.41) is 7.04. The molecule has 0 unspecified atom stereocenters. The molecule has 0 saturated carbocycles. The van der Waals surface area contributed by atoms with Gasteiger partial charge >= 0.3 is 6.18 Å². The summed E-state index contributed by atoms with van der Waals surface area (Å²) in [6, 6.07) is 11.7. The van der Waals surface area contributed by atoms with E-state index < -0.39 is 17.8 Å². The van der Waals surface area contributed by atoms with Crippen molar-refractivity contribution in [2.75, 3.05) is 10.6 Å². The summed E-state index contributed by atoms with van der Waals surface area (Å²) < 4.78 is 37.6. The van der Waals surface area contributed by atoms with Gasteiger partial charge in [0, 0.05) is 17.6 Å². The van der Waals surface area contributed by atoms with Crippen molar-refractivity contribution >= 4 is 34.5 Å². The number of benzene rings is 1. The van der Waals surface area contributed by atoms with E-state index in [0.717, 1.165) is 18.3 Å². The topological polar surface area (TPSA) is 71.1 Å². The molecule has 2 N–H and O–H groups in total. The average Bonchev–Trinajstić information content (AvgIpc) is 3.16. The summed E-state index contributed by atoms with van der Waals surface area (Å²) in [6.45, 7) is 0. The molecule has 9 heteroatoms. The van der Waals surface area contributed by atoms with Crippen LogP contribution in [0.5, 0.6) is 0 Å². The van der Waals surface area contributed by atoms with Crippen LogP contribution in [0.4, 0.5) is 24.5 Å². The number of rotatable bonds is 4. The highest BCUT2D eigenvalue weighted by Gasteiger charge is 2.32. The number of carbonyl (C=O) groups is 2. The van der Waals surface area contributed by atoms with Crippen molar-refractivity contribution in [1.29, 1.82) is 0 Å². The summed E-state index contributed by atoms with van der Waals surface area (Å²) in [5.74, 6) is -0.890. The fraction of sp³-hybridized carbons (Fsp3) is 0.0556.